The average molecular weight is 368 g/mol. The first kappa shape index (κ1) is 15.0. The molecule has 1 unspecified atom stereocenters. The number of nitrogens with zero attached hydrogens (tertiary/aromatic N) is 2. The number of thiazole rings is 1. The summed E-state index contributed by atoms with van der Waals surface area (Å²) >= 11 is 3.02. The lowest BCUT2D eigenvalue weighted by Gasteiger charge is -2.18. The van der Waals surface area contributed by atoms with Crippen molar-refractivity contribution >= 4 is 54.6 Å². The van der Waals surface area contributed by atoms with Gasteiger partial charge in [-0.3, -0.25) is 4.79 Å². The Morgan fingerprint density at radius 1 is 1.28 bits per heavy atom. The van der Waals surface area contributed by atoms with Gasteiger partial charge >= 0.3 is 4.87 Å². The Bertz CT molecular complexity index is 1160. The van der Waals surface area contributed by atoms with E-state index in [1.165, 1.54) is 28.2 Å². The van der Waals surface area contributed by atoms with Crippen molar-refractivity contribution in [1.29, 1.82) is 0 Å². The highest BCUT2D eigenvalue weighted by atomic mass is 32.1. The maximum absolute atomic E-state index is 11.5. The van der Waals surface area contributed by atoms with Crippen molar-refractivity contribution in [2.45, 2.75) is 26.2 Å². The van der Waals surface area contributed by atoms with Gasteiger partial charge in [-0.15, -0.1) is 11.3 Å². The van der Waals surface area contributed by atoms with E-state index in [9.17, 15) is 4.79 Å². The fraction of sp³-hybridized carbons (Fsp3) is 0.278. The SMILES string of the molecule is CC1CCc2c(sc3ncnc(Nc4ccc5[nH]c(=O)sc5c4)c23)C1. The summed E-state index contributed by atoms with van der Waals surface area (Å²) in [6, 6.07) is 5.89. The van der Waals surface area contributed by atoms with Crippen molar-refractivity contribution in [2.75, 3.05) is 5.32 Å². The van der Waals surface area contributed by atoms with E-state index in [2.05, 4.69) is 27.2 Å². The zero-order valence-electron chi connectivity index (χ0n) is 13.6. The lowest BCUT2D eigenvalue weighted by atomic mass is 9.89. The monoisotopic (exact) mass is 368 g/mol. The Kier molecular flexibility index (Phi) is 3.39. The van der Waals surface area contributed by atoms with Crippen LogP contribution in [0.4, 0.5) is 11.5 Å². The van der Waals surface area contributed by atoms with Crippen LogP contribution in [0, 0.1) is 5.92 Å². The molecule has 25 heavy (non-hydrogen) atoms. The molecule has 1 aliphatic carbocycles. The summed E-state index contributed by atoms with van der Waals surface area (Å²) in [5, 5.41) is 4.61. The number of aryl methyl sites for hydroxylation is 1. The first-order valence-corrected chi connectivity index (χ1v) is 9.96. The highest BCUT2D eigenvalue weighted by molar-refractivity contribution is 7.19. The molecule has 2 N–H and O–H groups in total. The quantitative estimate of drug-likeness (QED) is 0.548. The second kappa shape index (κ2) is 5.64. The summed E-state index contributed by atoms with van der Waals surface area (Å²) < 4.78 is 0.946. The van der Waals surface area contributed by atoms with Crippen LogP contribution in [0.1, 0.15) is 23.8 Å². The number of anilines is 2. The van der Waals surface area contributed by atoms with Crippen LogP contribution in [0.3, 0.4) is 0 Å². The average Bonchev–Trinajstić information content (AvgIpc) is 3.13. The molecule has 1 atom stereocenters. The van der Waals surface area contributed by atoms with Crippen molar-refractivity contribution in [1.82, 2.24) is 15.0 Å². The van der Waals surface area contributed by atoms with E-state index in [4.69, 9.17) is 0 Å². The molecule has 126 valence electrons. The fourth-order valence-corrected chi connectivity index (χ4v) is 5.66. The van der Waals surface area contributed by atoms with Gasteiger partial charge in [0, 0.05) is 10.6 Å². The standard InChI is InChI=1S/C18H16N4OS2/c1-9-2-4-11-13(6-9)24-17-15(11)16(19-8-20-17)21-10-3-5-12-14(7-10)25-18(23)22-12/h3,5,7-9H,2,4,6H2,1H3,(H,22,23)(H,19,20,21). The second-order valence-electron chi connectivity index (χ2n) is 6.60. The maximum Gasteiger partial charge on any atom is 0.305 e. The van der Waals surface area contributed by atoms with Crippen LogP contribution in [0.5, 0.6) is 0 Å². The molecule has 0 aliphatic heterocycles. The fourth-order valence-electron chi connectivity index (χ4n) is 3.53. The van der Waals surface area contributed by atoms with Gasteiger partial charge in [0.15, 0.2) is 0 Å². The van der Waals surface area contributed by atoms with Crippen LogP contribution in [0.2, 0.25) is 0 Å². The lowest BCUT2D eigenvalue weighted by molar-refractivity contribution is 0.509. The van der Waals surface area contributed by atoms with Crippen LogP contribution in [-0.2, 0) is 12.8 Å². The molecule has 3 heterocycles. The third-order valence-electron chi connectivity index (χ3n) is 4.78. The molecule has 1 aliphatic rings. The van der Waals surface area contributed by atoms with E-state index >= 15 is 0 Å². The van der Waals surface area contributed by atoms with Gasteiger partial charge in [-0.2, -0.15) is 0 Å². The van der Waals surface area contributed by atoms with E-state index in [-0.39, 0.29) is 4.87 Å². The molecule has 4 aromatic rings. The van der Waals surface area contributed by atoms with E-state index in [0.717, 1.165) is 50.7 Å². The minimum absolute atomic E-state index is 0.0300. The Morgan fingerprint density at radius 3 is 3.12 bits per heavy atom. The van der Waals surface area contributed by atoms with Crippen molar-refractivity contribution in [2.24, 2.45) is 5.92 Å². The summed E-state index contributed by atoms with van der Waals surface area (Å²) in [5.74, 6) is 1.60. The number of thiophene rings is 1. The van der Waals surface area contributed by atoms with Crippen LogP contribution in [-0.4, -0.2) is 15.0 Å². The van der Waals surface area contributed by atoms with Gasteiger partial charge in [0.2, 0.25) is 0 Å². The van der Waals surface area contributed by atoms with Crippen molar-refractivity contribution in [3.63, 3.8) is 0 Å². The number of nitrogens with one attached hydrogen (secondary N) is 2. The summed E-state index contributed by atoms with van der Waals surface area (Å²) in [7, 11) is 0. The molecule has 0 spiro atoms. The molecule has 5 nitrogen and oxygen atoms in total. The number of fused-ring (bicyclic) bond motifs is 4. The predicted octanol–water partition coefficient (Wildman–Crippen LogP) is 4.46. The molecule has 0 bridgehead atoms. The van der Waals surface area contributed by atoms with Crippen LogP contribution >= 0.6 is 22.7 Å². The number of aromatic nitrogens is 3. The minimum Gasteiger partial charge on any atom is -0.340 e. The molecule has 0 fully saturated rings. The molecule has 1 aromatic carbocycles. The number of rotatable bonds is 2. The van der Waals surface area contributed by atoms with Gasteiger partial charge in [-0.05, 0) is 48.9 Å². The number of H-pyrrole nitrogens is 1. The number of hydrogen-bond donors (Lipinski definition) is 2. The van der Waals surface area contributed by atoms with Gasteiger partial charge in [-0.25, -0.2) is 9.97 Å². The first-order chi connectivity index (χ1) is 12.2. The van der Waals surface area contributed by atoms with Crippen LogP contribution in [0.25, 0.3) is 20.4 Å². The molecule has 0 saturated carbocycles. The summed E-state index contributed by atoms with van der Waals surface area (Å²) in [4.78, 5) is 25.8. The number of hydrogen-bond acceptors (Lipinski definition) is 6. The molecular formula is C18H16N4OS2. The summed E-state index contributed by atoms with van der Waals surface area (Å²) in [6.07, 6.45) is 5.08. The van der Waals surface area contributed by atoms with Crippen molar-refractivity contribution < 1.29 is 0 Å². The van der Waals surface area contributed by atoms with Crippen molar-refractivity contribution in [3.05, 3.63) is 44.6 Å². The van der Waals surface area contributed by atoms with E-state index in [1.807, 2.05) is 18.2 Å². The zero-order chi connectivity index (χ0) is 17.0. The van der Waals surface area contributed by atoms with Gasteiger partial charge < -0.3 is 10.3 Å². The Labute approximate surface area is 151 Å². The summed E-state index contributed by atoms with van der Waals surface area (Å²) in [6.45, 7) is 2.32. The van der Waals surface area contributed by atoms with Gasteiger partial charge in [0.05, 0.1) is 15.6 Å². The van der Waals surface area contributed by atoms with Gasteiger partial charge in [0.25, 0.3) is 0 Å². The molecular weight excluding hydrogens is 352 g/mol. The van der Waals surface area contributed by atoms with E-state index in [1.54, 1.807) is 17.7 Å². The number of benzene rings is 1. The molecule has 0 saturated heterocycles. The minimum atomic E-state index is -0.0300. The molecule has 0 radical (unpaired) electrons. The predicted molar refractivity (Wildman–Crippen MR) is 104 cm³/mol. The Balaban J connectivity index is 1.60. The normalized spacial score (nSPS) is 17.1. The highest BCUT2D eigenvalue weighted by Crippen LogP contribution is 2.40. The van der Waals surface area contributed by atoms with Crippen LogP contribution < -0.4 is 10.2 Å². The maximum atomic E-state index is 11.5. The van der Waals surface area contributed by atoms with Crippen molar-refractivity contribution in [3.8, 4) is 0 Å². The number of aromatic amines is 1. The van der Waals surface area contributed by atoms with Gasteiger partial charge in [-0.1, -0.05) is 18.3 Å². The summed E-state index contributed by atoms with van der Waals surface area (Å²) in [5.41, 5.74) is 3.22. The topological polar surface area (TPSA) is 70.7 Å². The third kappa shape index (κ3) is 2.54. The highest BCUT2D eigenvalue weighted by Gasteiger charge is 2.23. The molecule has 3 aromatic heterocycles. The Morgan fingerprint density at radius 2 is 2.20 bits per heavy atom. The Hall–Kier alpha value is -2.25. The third-order valence-corrected chi connectivity index (χ3v) is 6.78. The lowest BCUT2D eigenvalue weighted by Crippen LogP contribution is -2.09. The van der Waals surface area contributed by atoms with E-state index in [0.29, 0.717) is 0 Å². The van der Waals surface area contributed by atoms with Crippen LogP contribution in [0.15, 0.2) is 29.3 Å². The smallest absolute Gasteiger partial charge is 0.305 e. The molecule has 7 heteroatoms. The molecule has 5 rings (SSSR count). The van der Waals surface area contributed by atoms with E-state index < -0.39 is 0 Å². The molecule has 0 amide bonds. The zero-order valence-corrected chi connectivity index (χ0v) is 15.3. The first-order valence-electron chi connectivity index (χ1n) is 8.32. The largest absolute Gasteiger partial charge is 0.340 e. The second-order valence-corrected chi connectivity index (χ2v) is 8.70. The van der Waals surface area contributed by atoms with Gasteiger partial charge in [0.1, 0.15) is 17.0 Å².